The van der Waals surface area contributed by atoms with Crippen molar-refractivity contribution in [1.82, 2.24) is 15.1 Å². The van der Waals surface area contributed by atoms with Crippen LogP contribution < -0.4 is 5.73 Å². The zero-order chi connectivity index (χ0) is 12.5. The third-order valence-electron chi connectivity index (χ3n) is 2.46. The van der Waals surface area contributed by atoms with Crippen molar-refractivity contribution in [2.75, 3.05) is 12.3 Å². The number of aromatic nitrogens is 3. The molecule has 2 heterocycles. The maximum absolute atomic E-state index is 8.80. The van der Waals surface area contributed by atoms with Gasteiger partial charge in [0.25, 0.3) is 5.89 Å². The number of aliphatic hydroxyl groups is 1. The Kier molecular flexibility index (Phi) is 2.69. The van der Waals surface area contributed by atoms with Crippen molar-refractivity contribution in [2.24, 2.45) is 0 Å². The summed E-state index contributed by atoms with van der Waals surface area (Å²) in [5.41, 5.74) is 7.33. The molecule has 0 radical (unpaired) electrons. The third-order valence-corrected chi connectivity index (χ3v) is 3.30. The zero-order valence-corrected chi connectivity index (χ0v) is 10.1. The summed E-state index contributed by atoms with van der Waals surface area (Å²) in [4.78, 5) is 8.38. The molecule has 2 aromatic heterocycles. The van der Waals surface area contributed by atoms with Crippen LogP contribution in [0.3, 0.4) is 0 Å². The number of fused-ring (bicyclic) bond motifs is 1. The van der Waals surface area contributed by atoms with Gasteiger partial charge in [0, 0.05) is 12.0 Å². The van der Waals surface area contributed by atoms with Gasteiger partial charge in [-0.15, -0.1) is 0 Å². The molecular formula is C11H10N4O2S. The Morgan fingerprint density at radius 2 is 2.22 bits per heavy atom. The van der Waals surface area contributed by atoms with Crippen LogP contribution >= 0.6 is 11.3 Å². The number of nitrogens with two attached hydrogens (primary N) is 1. The molecule has 18 heavy (non-hydrogen) atoms. The van der Waals surface area contributed by atoms with Gasteiger partial charge in [0.05, 0.1) is 16.8 Å². The van der Waals surface area contributed by atoms with Gasteiger partial charge in [-0.25, -0.2) is 4.98 Å². The van der Waals surface area contributed by atoms with E-state index in [4.69, 9.17) is 15.4 Å². The van der Waals surface area contributed by atoms with Crippen molar-refractivity contribution in [1.29, 1.82) is 0 Å². The van der Waals surface area contributed by atoms with Crippen LogP contribution in [0.4, 0.5) is 5.13 Å². The number of benzene rings is 1. The Morgan fingerprint density at radius 1 is 1.33 bits per heavy atom. The molecule has 0 aliphatic heterocycles. The van der Waals surface area contributed by atoms with E-state index >= 15 is 0 Å². The van der Waals surface area contributed by atoms with Crippen LogP contribution in [0.15, 0.2) is 22.7 Å². The number of hydrogen-bond acceptors (Lipinski definition) is 7. The van der Waals surface area contributed by atoms with E-state index in [1.54, 1.807) is 0 Å². The number of nitrogen functional groups attached to an aromatic ring is 1. The van der Waals surface area contributed by atoms with E-state index in [-0.39, 0.29) is 6.61 Å². The molecule has 6 nitrogen and oxygen atoms in total. The van der Waals surface area contributed by atoms with Crippen molar-refractivity contribution < 1.29 is 9.63 Å². The first-order valence-electron chi connectivity index (χ1n) is 5.36. The summed E-state index contributed by atoms with van der Waals surface area (Å²) in [6.07, 6.45) is 0.388. The second-order valence-electron chi connectivity index (χ2n) is 3.72. The number of aliphatic hydroxyl groups excluding tert-OH is 1. The molecular weight excluding hydrogens is 252 g/mol. The summed E-state index contributed by atoms with van der Waals surface area (Å²) in [6, 6.07) is 5.64. The summed E-state index contributed by atoms with van der Waals surface area (Å²) in [5, 5.41) is 13.1. The molecule has 0 aliphatic rings. The number of thiazole rings is 1. The van der Waals surface area contributed by atoms with Gasteiger partial charge < -0.3 is 15.4 Å². The van der Waals surface area contributed by atoms with Gasteiger partial charge in [-0.2, -0.15) is 4.98 Å². The van der Waals surface area contributed by atoms with Gasteiger partial charge >= 0.3 is 0 Å². The lowest BCUT2D eigenvalue weighted by atomic mass is 10.2. The summed E-state index contributed by atoms with van der Waals surface area (Å²) >= 11 is 1.41. The number of anilines is 1. The normalized spacial score (nSPS) is 11.2. The quantitative estimate of drug-likeness (QED) is 0.741. The maximum Gasteiger partial charge on any atom is 0.257 e. The van der Waals surface area contributed by atoms with E-state index in [1.807, 2.05) is 18.2 Å². The van der Waals surface area contributed by atoms with Crippen LogP contribution in [0.1, 0.15) is 5.82 Å². The molecule has 0 atom stereocenters. The van der Waals surface area contributed by atoms with Crippen molar-refractivity contribution in [3.8, 4) is 11.5 Å². The highest BCUT2D eigenvalue weighted by Crippen LogP contribution is 2.28. The number of nitrogens with zero attached hydrogens (tertiary/aromatic N) is 3. The molecule has 0 saturated carbocycles. The summed E-state index contributed by atoms with van der Waals surface area (Å²) in [6.45, 7) is 0.00336. The lowest BCUT2D eigenvalue weighted by Crippen LogP contribution is -1.92. The van der Waals surface area contributed by atoms with Crippen LogP contribution in [0.2, 0.25) is 0 Å². The fraction of sp³-hybridized carbons (Fsp3) is 0.182. The van der Waals surface area contributed by atoms with Crippen molar-refractivity contribution in [3.63, 3.8) is 0 Å². The Morgan fingerprint density at radius 3 is 3.06 bits per heavy atom. The highest BCUT2D eigenvalue weighted by Gasteiger charge is 2.10. The van der Waals surface area contributed by atoms with Crippen LogP contribution in [-0.2, 0) is 6.42 Å². The summed E-state index contributed by atoms with van der Waals surface area (Å²) in [5.74, 6) is 0.934. The van der Waals surface area contributed by atoms with Crippen LogP contribution in [0.5, 0.6) is 0 Å². The first kappa shape index (κ1) is 11.1. The predicted octanol–water partition coefficient (Wildman–Crippen LogP) is 1.46. The lowest BCUT2D eigenvalue weighted by molar-refractivity contribution is 0.293. The first-order valence-corrected chi connectivity index (χ1v) is 6.18. The second-order valence-corrected chi connectivity index (χ2v) is 4.79. The standard InChI is InChI=1S/C11H10N4O2S/c12-11-13-7-2-1-6(5-8(7)18-11)10-14-9(3-4-16)15-17-10/h1-2,5,16H,3-4H2,(H2,12,13). The van der Waals surface area contributed by atoms with E-state index in [9.17, 15) is 0 Å². The summed E-state index contributed by atoms with van der Waals surface area (Å²) in [7, 11) is 0. The number of rotatable bonds is 3. The highest BCUT2D eigenvalue weighted by atomic mass is 32.1. The molecule has 3 N–H and O–H groups in total. The highest BCUT2D eigenvalue weighted by molar-refractivity contribution is 7.22. The average molecular weight is 262 g/mol. The molecule has 3 aromatic rings. The molecule has 92 valence electrons. The van der Waals surface area contributed by atoms with Gasteiger partial charge in [0.2, 0.25) is 0 Å². The van der Waals surface area contributed by atoms with Gasteiger partial charge in [-0.05, 0) is 18.2 Å². The summed E-state index contributed by atoms with van der Waals surface area (Å²) < 4.78 is 6.12. The lowest BCUT2D eigenvalue weighted by Gasteiger charge is -1.93. The van der Waals surface area contributed by atoms with Gasteiger partial charge in [0.1, 0.15) is 0 Å². The van der Waals surface area contributed by atoms with Crippen molar-refractivity contribution >= 4 is 26.7 Å². The molecule has 7 heteroatoms. The maximum atomic E-state index is 8.80. The third kappa shape index (κ3) is 1.93. The van der Waals surface area contributed by atoms with Crippen molar-refractivity contribution in [2.45, 2.75) is 6.42 Å². The van der Waals surface area contributed by atoms with Gasteiger partial charge in [-0.3, -0.25) is 0 Å². The smallest absolute Gasteiger partial charge is 0.257 e. The van der Waals surface area contributed by atoms with E-state index < -0.39 is 0 Å². The van der Waals surface area contributed by atoms with E-state index in [2.05, 4.69) is 15.1 Å². The van der Waals surface area contributed by atoms with E-state index in [0.717, 1.165) is 15.8 Å². The molecule has 0 saturated heterocycles. The molecule has 0 spiro atoms. The largest absolute Gasteiger partial charge is 0.396 e. The Labute approximate surface area is 106 Å². The second kappa shape index (κ2) is 4.35. The van der Waals surface area contributed by atoms with Gasteiger partial charge in [0.15, 0.2) is 11.0 Å². The molecule has 0 bridgehead atoms. The van der Waals surface area contributed by atoms with Crippen molar-refractivity contribution in [3.05, 3.63) is 24.0 Å². The van der Waals surface area contributed by atoms with Crippen LogP contribution in [-0.4, -0.2) is 26.8 Å². The molecule has 0 unspecified atom stereocenters. The fourth-order valence-corrected chi connectivity index (χ4v) is 2.42. The van der Waals surface area contributed by atoms with E-state index in [0.29, 0.717) is 23.3 Å². The SMILES string of the molecule is Nc1nc2ccc(-c3nc(CCO)no3)cc2s1. The topological polar surface area (TPSA) is 98.1 Å². The van der Waals surface area contributed by atoms with Gasteiger partial charge in [-0.1, -0.05) is 16.5 Å². The molecule has 3 rings (SSSR count). The number of hydrogen-bond donors (Lipinski definition) is 2. The predicted molar refractivity (Wildman–Crippen MR) is 68.1 cm³/mol. The Balaban J connectivity index is 2.01. The first-order chi connectivity index (χ1) is 8.76. The minimum atomic E-state index is 0.00336. The molecule has 1 aromatic carbocycles. The fourth-order valence-electron chi connectivity index (χ4n) is 1.65. The van der Waals surface area contributed by atoms with E-state index in [1.165, 1.54) is 11.3 Å². The Hall–Kier alpha value is -1.99. The average Bonchev–Trinajstić information content (AvgIpc) is 2.93. The Bertz CT molecular complexity index is 691. The zero-order valence-electron chi connectivity index (χ0n) is 9.33. The van der Waals surface area contributed by atoms with Crippen LogP contribution in [0, 0.1) is 0 Å². The molecule has 0 amide bonds. The molecule has 0 aliphatic carbocycles. The molecule has 0 fully saturated rings. The minimum Gasteiger partial charge on any atom is -0.396 e. The minimum absolute atomic E-state index is 0.00336. The van der Waals surface area contributed by atoms with Crippen LogP contribution in [0.25, 0.3) is 21.7 Å². The monoisotopic (exact) mass is 262 g/mol.